The maximum Gasteiger partial charge on any atom is 0.251 e. The zero-order valence-corrected chi connectivity index (χ0v) is 15.7. The third-order valence-corrected chi connectivity index (χ3v) is 4.90. The Morgan fingerprint density at radius 2 is 2.15 bits per heavy atom. The van der Waals surface area contributed by atoms with E-state index in [0.717, 1.165) is 36.6 Å². The minimum atomic E-state index is -0.0451. The summed E-state index contributed by atoms with van der Waals surface area (Å²) in [6.07, 6.45) is 2.36. The van der Waals surface area contributed by atoms with Gasteiger partial charge in [-0.3, -0.25) is 9.69 Å². The van der Waals surface area contributed by atoms with E-state index in [4.69, 9.17) is 0 Å². The molecule has 1 aliphatic heterocycles. The Morgan fingerprint density at radius 1 is 1.31 bits per heavy atom. The predicted octanol–water partition coefficient (Wildman–Crippen LogP) is 2.71. The lowest BCUT2D eigenvalue weighted by Crippen LogP contribution is -2.40. The highest BCUT2D eigenvalue weighted by Gasteiger charge is 2.23. The molecule has 1 atom stereocenters. The van der Waals surface area contributed by atoms with Gasteiger partial charge in [-0.1, -0.05) is 19.1 Å². The van der Waals surface area contributed by atoms with Gasteiger partial charge in [0.15, 0.2) is 5.82 Å². The number of amides is 1. The van der Waals surface area contributed by atoms with Gasteiger partial charge in [-0.15, -0.1) is 0 Å². The normalized spacial score (nSPS) is 17.3. The van der Waals surface area contributed by atoms with E-state index in [0.29, 0.717) is 24.0 Å². The smallest absolute Gasteiger partial charge is 0.251 e. The molecule has 0 radical (unpaired) electrons. The molecule has 1 aliphatic rings. The van der Waals surface area contributed by atoms with Gasteiger partial charge in [0, 0.05) is 42.5 Å². The van der Waals surface area contributed by atoms with Crippen LogP contribution in [0.3, 0.4) is 0 Å². The zero-order chi connectivity index (χ0) is 18.5. The number of aryl methyl sites for hydroxylation is 1. The molecule has 0 saturated carbocycles. The Hall–Kier alpha value is -2.47. The van der Waals surface area contributed by atoms with Crippen LogP contribution in [0.1, 0.15) is 35.8 Å². The number of hydrogen-bond acceptors (Lipinski definition) is 5. The van der Waals surface area contributed by atoms with E-state index in [-0.39, 0.29) is 5.91 Å². The lowest BCUT2D eigenvalue weighted by molar-refractivity contribution is 0.0941. The first kappa shape index (κ1) is 18.3. The fourth-order valence-corrected chi connectivity index (χ4v) is 3.48. The number of likely N-dealkylation sites (N-methyl/N-ethyl adjacent to an activating group) is 1. The van der Waals surface area contributed by atoms with E-state index in [1.807, 2.05) is 44.3 Å². The number of carbonyl (C=O) groups excluding carboxylic acids is 1. The molecule has 1 saturated heterocycles. The Kier molecular flexibility index (Phi) is 5.83. The molecule has 138 valence electrons. The number of nitrogens with one attached hydrogen (secondary N) is 2. The fourth-order valence-electron chi connectivity index (χ4n) is 3.48. The molecule has 26 heavy (non-hydrogen) atoms. The third kappa shape index (κ3) is 4.19. The fraction of sp³-hybridized carbons (Fsp3) is 0.450. The topological polar surface area (TPSA) is 70.2 Å². The van der Waals surface area contributed by atoms with E-state index < -0.39 is 0 Å². The van der Waals surface area contributed by atoms with Gasteiger partial charge >= 0.3 is 0 Å². The number of nitrogens with zero attached hydrogens (tertiary/aromatic N) is 3. The van der Waals surface area contributed by atoms with Gasteiger partial charge in [0.1, 0.15) is 5.82 Å². The highest BCUT2D eigenvalue weighted by atomic mass is 16.1. The van der Waals surface area contributed by atoms with E-state index >= 15 is 0 Å². The summed E-state index contributed by atoms with van der Waals surface area (Å²) in [6, 6.07) is 9.84. The zero-order valence-electron chi connectivity index (χ0n) is 15.7. The first-order valence-corrected chi connectivity index (χ1v) is 9.27. The molecule has 0 bridgehead atoms. The minimum Gasteiger partial charge on any atom is -0.373 e. The Morgan fingerprint density at radius 3 is 2.92 bits per heavy atom. The van der Waals surface area contributed by atoms with Gasteiger partial charge in [-0.25, -0.2) is 9.97 Å². The minimum absolute atomic E-state index is 0.0451. The van der Waals surface area contributed by atoms with Crippen LogP contribution in [0.4, 0.5) is 5.82 Å². The molecule has 1 aromatic carbocycles. The van der Waals surface area contributed by atoms with Crippen molar-refractivity contribution in [3.8, 4) is 11.4 Å². The van der Waals surface area contributed by atoms with Crippen molar-refractivity contribution in [2.75, 3.05) is 32.0 Å². The average Bonchev–Trinajstić information content (AvgIpc) is 3.13. The number of anilines is 1. The number of benzene rings is 1. The quantitative estimate of drug-likeness (QED) is 0.836. The van der Waals surface area contributed by atoms with E-state index in [1.54, 1.807) is 0 Å². The molecule has 2 aromatic rings. The van der Waals surface area contributed by atoms with Gasteiger partial charge in [0.25, 0.3) is 5.91 Å². The Balaban J connectivity index is 1.72. The Bertz CT molecular complexity index is 777. The van der Waals surface area contributed by atoms with Crippen LogP contribution in [0.25, 0.3) is 11.4 Å². The van der Waals surface area contributed by atoms with Crippen molar-refractivity contribution in [3.05, 3.63) is 41.6 Å². The maximum atomic E-state index is 12.6. The second-order valence-electron chi connectivity index (χ2n) is 6.68. The first-order chi connectivity index (χ1) is 12.6. The van der Waals surface area contributed by atoms with Crippen LogP contribution >= 0.6 is 0 Å². The molecule has 6 nitrogen and oxygen atoms in total. The van der Waals surface area contributed by atoms with Crippen LogP contribution in [-0.2, 0) is 0 Å². The molecule has 1 amide bonds. The predicted molar refractivity (Wildman–Crippen MR) is 104 cm³/mol. The second-order valence-corrected chi connectivity index (χ2v) is 6.68. The highest BCUT2D eigenvalue weighted by Crippen LogP contribution is 2.20. The Labute approximate surface area is 155 Å². The number of rotatable bonds is 6. The number of carbonyl (C=O) groups is 1. The molecule has 1 aromatic heterocycles. The van der Waals surface area contributed by atoms with Crippen LogP contribution in [-0.4, -0.2) is 53.5 Å². The summed E-state index contributed by atoms with van der Waals surface area (Å²) in [5.74, 6) is 1.34. The van der Waals surface area contributed by atoms with Crippen LogP contribution in [0.5, 0.6) is 0 Å². The summed E-state index contributed by atoms with van der Waals surface area (Å²) in [5.41, 5.74) is 2.36. The van der Waals surface area contributed by atoms with Crippen molar-refractivity contribution in [1.29, 1.82) is 0 Å². The lowest BCUT2D eigenvalue weighted by atomic mass is 10.1. The summed E-state index contributed by atoms with van der Waals surface area (Å²) in [6.45, 7) is 6.97. The monoisotopic (exact) mass is 353 g/mol. The molecule has 6 heteroatoms. The van der Waals surface area contributed by atoms with Crippen LogP contribution in [0, 0.1) is 6.92 Å². The third-order valence-electron chi connectivity index (χ3n) is 4.90. The molecule has 3 rings (SSSR count). The standard InChI is InChI=1S/C20H27N5O/c1-4-25-10-6-9-17(25)13-22-20(26)16-8-5-7-15(12-16)19-23-14(2)11-18(21-3)24-19/h5,7-8,11-12,17H,4,6,9-10,13H2,1-3H3,(H,22,26)(H,21,23,24)/t17-/m0/s1. The first-order valence-electron chi connectivity index (χ1n) is 9.27. The van der Waals surface area contributed by atoms with Gasteiger partial charge in [-0.2, -0.15) is 0 Å². The molecular formula is C20H27N5O. The van der Waals surface area contributed by atoms with Crippen molar-refractivity contribution < 1.29 is 4.79 Å². The highest BCUT2D eigenvalue weighted by molar-refractivity contribution is 5.95. The molecule has 2 N–H and O–H groups in total. The maximum absolute atomic E-state index is 12.6. The van der Waals surface area contributed by atoms with Crippen molar-refractivity contribution >= 4 is 11.7 Å². The molecule has 1 fully saturated rings. The average molecular weight is 353 g/mol. The lowest BCUT2D eigenvalue weighted by Gasteiger charge is -2.22. The summed E-state index contributed by atoms with van der Waals surface area (Å²) in [4.78, 5) is 24.0. The molecular weight excluding hydrogens is 326 g/mol. The number of aromatic nitrogens is 2. The largest absolute Gasteiger partial charge is 0.373 e. The summed E-state index contributed by atoms with van der Waals surface area (Å²) < 4.78 is 0. The van der Waals surface area contributed by atoms with E-state index in [1.165, 1.54) is 6.42 Å². The van der Waals surface area contributed by atoms with E-state index in [2.05, 4.69) is 32.4 Å². The SMILES string of the molecule is CCN1CCC[C@H]1CNC(=O)c1cccc(-c2nc(C)cc(NC)n2)c1. The molecule has 0 unspecified atom stereocenters. The van der Waals surface area contributed by atoms with Crippen molar-refractivity contribution in [2.24, 2.45) is 0 Å². The van der Waals surface area contributed by atoms with Crippen molar-refractivity contribution in [3.63, 3.8) is 0 Å². The van der Waals surface area contributed by atoms with Crippen LogP contribution in [0.2, 0.25) is 0 Å². The van der Waals surface area contributed by atoms with Crippen LogP contribution < -0.4 is 10.6 Å². The van der Waals surface area contributed by atoms with Crippen LogP contribution in [0.15, 0.2) is 30.3 Å². The van der Waals surface area contributed by atoms with Gasteiger partial charge < -0.3 is 10.6 Å². The molecule has 2 heterocycles. The summed E-state index contributed by atoms with van der Waals surface area (Å²) >= 11 is 0. The molecule has 0 spiro atoms. The van der Waals surface area contributed by atoms with E-state index in [9.17, 15) is 4.79 Å². The molecule has 0 aliphatic carbocycles. The van der Waals surface area contributed by atoms with Crippen molar-refractivity contribution in [2.45, 2.75) is 32.7 Å². The van der Waals surface area contributed by atoms with Gasteiger partial charge in [0.2, 0.25) is 0 Å². The van der Waals surface area contributed by atoms with Crippen molar-refractivity contribution in [1.82, 2.24) is 20.2 Å². The van der Waals surface area contributed by atoms with Gasteiger partial charge in [0.05, 0.1) is 0 Å². The second kappa shape index (κ2) is 8.27. The summed E-state index contributed by atoms with van der Waals surface area (Å²) in [7, 11) is 1.83. The number of likely N-dealkylation sites (tertiary alicyclic amines) is 1. The summed E-state index contributed by atoms with van der Waals surface area (Å²) in [5, 5.41) is 6.13. The number of hydrogen-bond donors (Lipinski definition) is 2. The van der Waals surface area contributed by atoms with Gasteiger partial charge in [-0.05, 0) is 45.0 Å².